The fourth-order valence-electron chi connectivity index (χ4n) is 9.22. The van der Waals surface area contributed by atoms with Crippen LogP contribution in [0.15, 0.2) is 196 Å². The number of aromatic nitrogens is 1. The number of hydrogen-bond acceptors (Lipinski definition) is 5. The molecular weight excluding hydrogens is 741 g/mol. The molecule has 0 aliphatic carbocycles. The quantitative estimate of drug-likeness (QED) is 0.194. The summed E-state index contributed by atoms with van der Waals surface area (Å²) in [5, 5.41) is 15.6. The Morgan fingerprint density at radius 3 is 1.86 bits per heavy atom. The third-order valence-electron chi connectivity index (χ3n) is 12.0. The van der Waals surface area contributed by atoms with Crippen molar-refractivity contribution in [1.82, 2.24) is 9.88 Å². The molecule has 1 unspecified atom stereocenters. The molecule has 5 nitrogen and oxygen atoms in total. The third-order valence-corrected chi connectivity index (χ3v) is 13.2. The number of hydrogen-bond donors (Lipinski definition) is 1. The molecule has 1 aliphatic rings. The van der Waals surface area contributed by atoms with E-state index in [0.29, 0.717) is 5.84 Å². The summed E-state index contributed by atoms with van der Waals surface area (Å²) in [5.41, 5.74) is 7.92. The van der Waals surface area contributed by atoms with E-state index in [0.717, 1.165) is 61.2 Å². The molecule has 0 radical (unpaired) electrons. The molecular formula is C53H32N4OS. The molecule has 13 rings (SSSR count). The maximum absolute atomic E-state index is 6.66. The summed E-state index contributed by atoms with van der Waals surface area (Å²) in [6.45, 7) is 0. The average molecular weight is 773 g/mol. The van der Waals surface area contributed by atoms with Crippen molar-refractivity contribution in [3.8, 4) is 5.69 Å². The first-order valence-corrected chi connectivity index (χ1v) is 20.7. The first-order valence-electron chi connectivity index (χ1n) is 19.9. The van der Waals surface area contributed by atoms with Gasteiger partial charge in [-0.2, -0.15) is 0 Å². The van der Waals surface area contributed by atoms with E-state index in [1.807, 2.05) is 12.1 Å². The zero-order valence-electron chi connectivity index (χ0n) is 31.6. The van der Waals surface area contributed by atoms with Gasteiger partial charge in [-0.3, -0.25) is 0 Å². The van der Waals surface area contributed by atoms with Crippen LogP contribution in [0.3, 0.4) is 0 Å². The van der Waals surface area contributed by atoms with Gasteiger partial charge in [-0.05, 0) is 75.6 Å². The van der Waals surface area contributed by atoms with Gasteiger partial charge in [-0.1, -0.05) is 127 Å². The van der Waals surface area contributed by atoms with Crippen LogP contribution in [0.2, 0.25) is 0 Å². The van der Waals surface area contributed by atoms with Crippen LogP contribution in [0.5, 0.6) is 0 Å². The minimum Gasteiger partial charge on any atom is -0.456 e. The predicted molar refractivity (Wildman–Crippen MR) is 248 cm³/mol. The largest absolute Gasteiger partial charge is 0.456 e. The summed E-state index contributed by atoms with van der Waals surface area (Å²) in [6.07, 6.45) is -0.376. The Labute approximate surface area is 341 Å². The van der Waals surface area contributed by atoms with E-state index in [1.165, 1.54) is 52.5 Å². The summed E-state index contributed by atoms with van der Waals surface area (Å²) >= 11 is 1.80. The number of nitrogens with zero attached hydrogens (tertiary/aromatic N) is 3. The highest BCUT2D eigenvalue weighted by atomic mass is 32.1. The van der Waals surface area contributed by atoms with Crippen molar-refractivity contribution in [2.75, 3.05) is 0 Å². The van der Waals surface area contributed by atoms with Crippen LogP contribution in [-0.4, -0.2) is 16.2 Å². The highest BCUT2D eigenvalue weighted by Crippen LogP contribution is 2.42. The van der Waals surface area contributed by atoms with E-state index in [2.05, 4.69) is 180 Å². The Balaban J connectivity index is 1.14. The lowest BCUT2D eigenvalue weighted by atomic mass is 10.0. The van der Waals surface area contributed by atoms with Crippen molar-refractivity contribution in [2.24, 2.45) is 9.98 Å². The van der Waals surface area contributed by atoms with E-state index in [-0.39, 0.29) is 6.17 Å². The molecule has 0 bridgehead atoms. The summed E-state index contributed by atoms with van der Waals surface area (Å²) in [5.74, 6) is 1.45. The molecule has 1 aliphatic heterocycles. The summed E-state index contributed by atoms with van der Waals surface area (Å²) in [6, 6.07) is 65.0. The van der Waals surface area contributed by atoms with Crippen molar-refractivity contribution < 1.29 is 4.42 Å². The highest BCUT2D eigenvalue weighted by molar-refractivity contribution is 7.26. The zero-order chi connectivity index (χ0) is 38.6. The Hall–Kier alpha value is -7.54. The first-order chi connectivity index (χ1) is 29.2. The van der Waals surface area contributed by atoms with Gasteiger partial charge in [0.05, 0.1) is 16.7 Å². The van der Waals surface area contributed by atoms with Crippen LogP contribution in [0.1, 0.15) is 22.9 Å². The molecule has 276 valence electrons. The predicted octanol–water partition coefficient (Wildman–Crippen LogP) is 13.9. The number of benzene rings is 9. The van der Waals surface area contributed by atoms with Gasteiger partial charge in [0, 0.05) is 58.9 Å². The van der Waals surface area contributed by atoms with Crippen LogP contribution in [0.25, 0.3) is 91.1 Å². The lowest BCUT2D eigenvalue weighted by Gasteiger charge is -2.25. The van der Waals surface area contributed by atoms with E-state index in [9.17, 15) is 0 Å². The van der Waals surface area contributed by atoms with E-state index < -0.39 is 0 Å². The molecule has 0 saturated carbocycles. The number of para-hydroxylation sites is 1. The Kier molecular flexibility index (Phi) is 6.88. The minimum absolute atomic E-state index is 0.376. The normalized spacial score (nSPS) is 14.6. The SMILES string of the molecule is c1ccc(C2N=C(c3cccc4c3sc3ccccc34)N=C(c3cc4c(cc3-n3c5cc6ccccc6cc5c5cc6ccccc6cc53)oc3ccccc34)N2)cc1. The van der Waals surface area contributed by atoms with Crippen LogP contribution in [-0.2, 0) is 0 Å². The molecule has 0 spiro atoms. The smallest absolute Gasteiger partial charge is 0.160 e. The monoisotopic (exact) mass is 772 g/mol. The van der Waals surface area contributed by atoms with Crippen LogP contribution in [0, 0.1) is 0 Å². The van der Waals surface area contributed by atoms with Gasteiger partial charge < -0.3 is 14.3 Å². The number of furan rings is 1. The number of fused-ring (bicyclic) bond motifs is 11. The van der Waals surface area contributed by atoms with Gasteiger partial charge in [-0.25, -0.2) is 9.98 Å². The molecule has 4 heterocycles. The molecule has 1 N–H and O–H groups in total. The first kappa shape index (κ1) is 32.5. The van der Waals surface area contributed by atoms with Crippen molar-refractivity contribution in [2.45, 2.75) is 6.17 Å². The Morgan fingerprint density at radius 1 is 0.492 bits per heavy atom. The van der Waals surface area contributed by atoms with Crippen molar-refractivity contribution >= 4 is 108 Å². The summed E-state index contributed by atoms with van der Waals surface area (Å²) < 4.78 is 11.5. The number of amidine groups is 2. The number of nitrogens with one attached hydrogen (secondary N) is 1. The fourth-order valence-corrected chi connectivity index (χ4v) is 10.4. The minimum atomic E-state index is -0.376. The second-order valence-electron chi connectivity index (χ2n) is 15.4. The lowest BCUT2D eigenvalue weighted by molar-refractivity contribution is 0.668. The van der Waals surface area contributed by atoms with E-state index >= 15 is 0 Å². The van der Waals surface area contributed by atoms with Gasteiger partial charge in [-0.15, -0.1) is 11.3 Å². The van der Waals surface area contributed by atoms with E-state index in [4.69, 9.17) is 14.4 Å². The van der Waals surface area contributed by atoms with Gasteiger partial charge in [0.25, 0.3) is 0 Å². The molecule has 3 aromatic heterocycles. The molecule has 59 heavy (non-hydrogen) atoms. The number of thiophene rings is 1. The van der Waals surface area contributed by atoms with Crippen LogP contribution >= 0.6 is 11.3 Å². The zero-order valence-corrected chi connectivity index (χ0v) is 32.4. The Bertz CT molecular complexity index is 3680. The third kappa shape index (κ3) is 4.97. The van der Waals surface area contributed by atoms with Crippen molar-refractivity contribution in [3.05, 3.63) is 199 Å². The molecule has 9 aromatic carbocycles. The standard InChI is InChI=1S/C53H32N4OS/c1-2-13-31(14-3-1)51-54-52(39-22-12-21-38-37-20-9-11-24-49(37)59-50(38)39)56-53(55-51)43-29-42-36-19-8-10-23-47(36)58-48(42)30-46(43)57-44-27-34-17-6-4-15-32(34)25-40(44)41-26-33-16-5-7-18-35(33)28-45(41)57/h1-30,51H,(H,54,55,56). The fraction of sp³-hybridized carbons (Fsp3) is 0.0189. The number of aliphatic imine (C=N–C) groups is 2. The lowest BCUT2D eigenvalue weighted by Crippen LogP contribution is -2.34. The maximum atomic E-state index is 6.66. The second-order valence-corrected chi connectivity index (χ2v) is 16.4. The molecule has 12 aromatic rings. The highest BCUT2D eigenvalue weighted by Gasteiger charge is 2.27. The van der Waals surface area contributed by atoms with Gasteiger partial charge in [0.15, 0.2) is 5.84 Å². The Morgan fingerprint density at radius 2 is 1.12 bits per heavy atom. The number of rotatable bonds is 4. The summed E-state index contributed by atoms with van der Waals surface area (Å²) in [4.78, 5) is 10.9. The van der Waals surface area contributed by atoms with Crippen LogP contribution < -0.4 is 5.32 Å². The molecule has 6 heteroatoms. The topological polar surface area (TPSA) is 54.8 Å². The van der Waals surface area contributed by atoms with E-state index in [1.54, 1.807) is 11.3 Å². The molecule has 0 saturated heterocycles. The maximum Gasteiger partial charge on any atom is 0.160 e. The van der Waals surface area contributed by atoms with Crippen LogP contribution in [0.4, 0.5) is 0 Å². The second kappa shape index (κ2) is 12.5. The van der Waals surface area contributed by atoms with Crippen molar-refractivity contribution in [3.63, 3.8) is 0 Å². The van der Waals surface area contributed by atoms with Gasteiger partial charge >= 0.3 is 0 Å². The van der Waals surface area contributed by atoms with Gasteiger partial charge in [0.2, 0.25) is 0 Å². The molecule has 1 atom stereocenters. The van der Waals surface area contributed by atoms with Gasteiger partial charge in [0.1, 0.15) is 23.2 Å². The summed E-state index contributed by atoms with van der Waals surface area (Å²) in [7, 11) is 0. The van der Waals surface area contributed by atoms with Crippen molar-refractivity contribution in [1.29, 1.82) is 0 Å². The average Bonchev–Trinajstić information content (AvgIpc) is 3.96. The molecule has 0 fully saturated rings. The molecule has 0 amide bonds.